The van der Waals surface area contributed by atoms with Gasteiger partial charge in [-0.05, 0) is 24.9 Å². The van der Waals surface area contributed by atoms with Crippen molar-refractivity contribution in [3.63, 3.8) is 0 Å². The molecule has 3 heteroatoms. The predicted molar refractivity (Wildman–Crippen MR) is 82.9 cm³/mol. The summed E-state index contributed by atoms with van der Waals surface area (Å²) in [4.78, 5) is 4.79. The first-order valence-electron chi connectivity index (χ1n) is 6.87. The normalized spacial score (nSPS) is 12.9. The van der Waals surface area contributed by atoms with E-state index in [-0.39, 0.29) is 6.04 Å². The first kappa shape index (κ1) is 14.2. The summed E-state index contributed by atoms with van der Waals surface area (Å²) in [7, 11) is 0. The van der Waals surface area contributed by atoms with Crippen molar-refractivity contribution in [2.24, 2.45) is 0 Å². The molecule has 1 atom stereocenters. The first-order chi connectivity index (χ1) is 9.11. The summed E-state index contributed by atoms with van der Waals surface area (Å²) in [6.07, 6.45) is 0. The van der Waals surface area contributed by atoms with Gasteiger partial charge in [0.25, 0.3) is 0 Å². The molecular formula is C16H22N2S. The Morgan fingerprint density at radius 2 is 2.11 bits per heavy atom. The van der Waals surface area contributed by atoms with Crippen molar-refractivity contribution < 1.29 is 0 Å². The Hall–Kier alpha value is -1.19. The molecule has 1 aromatic carbocycles. The number of thiazole rings is 1. The third kappa shape index (κ3) is 3.43. The van der Waals surface area contributed by atoms with Crippen LogP contribution in [-0.4, -0.2) is 11.5 Å². The van der Waals surface area contributed by atoms with Crippen molar-refractivity contribution in [2.75, 3.05) is 6.54 Å². The zero-order chi connectivity index (χ0) is 13.8. The number of benzene rings is 1. The summed E-state index contributed by atoms with van der Waals surface area (Å²) in [5, 5.41) is 6.89. The van der Waals surface area contributed by atoms with Crippen LogP contribution >= 0.6 is 11.3 Å². The van der Waals surface area contributed by atoms with Crippen LogP contribution in [0.1, 0.15) is 54.6 Å². The number of aryl methyl sites for hydroxylation is 1. The van der Waals surface area contributed by atoms with Crippen LogP contribution in [0.5, 0.6) is 0 Å². The Kier molecular flexibility index (Phi) is 4.72. The molecule has 102 valence electrons. The maximum absolute atomic E-state index is 4.79. The van der Waals surface area contributed by atoms with E-state index in [0.717, 1.165) is 11.6 Å². The maximum Gasteiger partial charge on any atom is 0.114 e. The van der Waals surface area contributed by atoms with Gasteiger partial charge in [0.1, 0.15) is 5.01 Å². The molecule has 0 fully saturated rings. The number of hydrogen-bond donors (Lipinski definition) is 1. The fourth-order valence-electron chi connectivity index (χ4n) is 2.10. The van der Waals surface area contributed by atoms with Gasteiger partial charge in [0.2, 0.25) is 0 Å². The van der Waals surface area contributed by atoms with E-state index in [9.17, 15) is 0 Å². The lowest BCUT2D eigenvalue weighted by Gasteiger charge is -2.16. The summed E-state index contributed by atoms with van der Waals surface area (Å²) in [5.74, 6) is 0.491. The number of hydrogen-bond acceptors (Lipinski definition) is 3. The van der Waals surface area contributed by atoms with Crippen molar-refractivity contribution in [1.82, 2.24) is 10.3 Å². The number of nitrogens with one attached hydrogen (secondary N) is 1. The van der Waals surface area contributed by atoms with Crippen LogP contribution in [0.25, 0.3) is 0 Å². The molecule has 0 bridgehead atoms. The Morgan fingerprint density at radius 1 is 1.32 bits per heavy atom. The van der Waals surface area contributed by atoms with E-state index in [1.807, 2.05) is 0 Å². The summed E-state index contributed by atoms with van der Waals surface area (Å²) in [5.41, 5.74) is 3.78. The third-order valence-electron chi connectivity index (χ3n) is 3.16. The van der Waals surface area contributed by atoms with Gasteiger partial charge in [0.15, 0.2) is 0 Å². The van der Waals surface area contributed by atoms with E-state index in [4.69, 9.17) is 4.98 Å². The molecule has 1 N–H and O–H groups in total. The lowest BCUT2D eigenvalue weighted by atomic mass is 10.0. The summed E-state index contributed by atoms with van der Waals surface area (Å²) < 4.78 is 0. The van der Waals surface area contributed by atoms with Gasteiger partial charge >= 0.3 is 0 Å². The lowest BCUT2D eigenvalue weighted by Crippen LogP contribution is -2.22. The highest BCUT2D eigenvalue weighted by molar-refractivity contribution is 7.09. The number of rotatable bonds is 5. The van der Waals surface area contributed by atoms with Crippen molar-refractivity contribution >= 4 is 11.3 Å². The molecule has 0 aliphatic rings. The van der Waals surface area contributed by atoms with Gasteiger partial charge in [-0.2, -0.15) is 0 Å². The summed E-state index contributed by atoms with van der Waals surface area (Å²) in [6.45, 7) is 9.59. The first-order valence-corrected chi connectivity index (χ1v) is 7.75. The predicted octanol–water partition coefficient (Wildman–Crippen LogP) is 4.27. The largest absolute Gasteiger partial charge is 0.305 e. The highest BCUT2D eigenvalue weighted by Gasteiger charge is 2.17. The van der Waals surface area contributed by atoms with Gasteiger partial charge in [-0.3, -0.25) is 0 Å². The molecule has 2 aromatic rings. The zero-order valence-corrected chi connectivity index (χ0v) is 12.9. The van der Waals surface area contributed by atoms with Crippen LogP contribution in [0.2, 0.25) is 0 Å². The van der Waals surface area contributed by atoms with E-state index in [1.165, 1.54) is 16.8 Å². The summed E-state index contributed by atoms with van der Waals surface area (Å²) >= 11 is 1.75. The minimum atomic E-state index is 0.211. The molecule has 1 unspecified atom stereocenters. The average Bonchev–Trinajstić information content (AvgIpc) is 2.85. The maximum atomic E-state index is 4.79. The van der Waals surface area contributed by atoms with Crippen molar-refractivity contribution in [3.05, 3.63) is 51.5 Å². The number of aromatic nitrogens is 1. The quantitative estimate of drug-likeness (QED) is 0.880. The second-order valence-corrected chi connectivity index (χ2v) is 6.06. The Bertz CT molecular complexity index is 531. The average molecular weight is 274 g/mol. The SMILES string of the molecule is CCNC(c1cccc(C)c1)c1nc(C(C)C)cs1. The standard InChI is InChI=1S/C16H22N2S/c1-5-17-15(13-8-6-7-12(4)9-13)16-18-14(10-19-16)11(2)3/h6-11,15,17H,5H2,1-4H3. The monoisotopic (exact) mass is 274 g/mol. The molecule has 19 heavy (non-hydrogen) atoms. The van der Waals surface area contributed by atoms with Crippen LogP contribution in [0.4, 0.5) is 0 Å². The molecule has 0 aliphatic carbocycles. The minimum Gasteiger partial charge on any atom is -0.305 e. The smallest absolute Gasteiger partial charge is 0.114 e. The number of nitrogens with zero attached hydrogens (tertiary/aromatic N) is 1. The Balaban J connectivity index is 2.33. The Morgan fingerprint density at radius 3 is 2.68 bits per heavy atom. The second kappa shape index (κ2) is 6.31. The van der Waals surface area contributed by atoms with Crippen molar-refractivity contribution in [3.8, 4) is 0 Å². The summed E-state index contributed by atoms with van der Waals surface area (Å²) in [6, 6.07) is 8.88. The lowest BCUT2D eigenvalue weighted by molar-refractivity contribution is 0.623. The van der Waals surface area contributed by atoms with E-state index in [0.29, 0.717) is 5.92 Å². The van der Waals surface area contributed by atoms with Crippen molar-refractivity contribution in [2.45, 2.75) is 39.7 Å². The third-order valence-corrected chi connectivity index (χ3v) is 4.09. The molecule has 0 amide bonds. The highest BCUT2D eigenvalue weighted by atomic mass is 32.1. The van der Waals surface area contributed by atoms with Gasteiger partial charge in [-0.1, -0.05) is 50.6 Å². The molecule has 2 nitrogen and oxygen atoms in total. The van der Waals surface area contributed by atoms with Crippen molar-refractivity contribution in [1.29, 1.82) is 0 Å². The fraction of sp³-hybridized carbons (Fsp3) is 0.438. The molecule has 0 saturated heterocycles. The molecule has 0 radical (unpaired) electrons. The molecule has 0 spiro atoms. The Labute approximate surface area is 119 Å². The van der Waals surface area contributed by atoms with Crippen LogP contribution in [-0.2, 0) is 0 Å². The van der Waals surface area contributed by atoms with Gasteiger partial charge < -0.3 is 5.32 Å². The molecule has 1 heterocycles. The zero-order valence-electron chi connectivity index (χ0n) is 12.1. The molecule has 2 rings (SSSR count). The van der Waals surface area contributed by atoms with Crippen LogP contribution in [0.15, 0.2) is 29.6 Å². The highest BCUT2D eigenvalue weighted by Crippen LogP contribution is 2.27. The van der Waals surface area contributed by atoms with Gasteiger partial charge in [-0.15, -0.1) is 11.3 Å². The van der Waals surface area contributed by atoms with Crippen LogP contribution < -0.4 is 5.32 Å². The van der Waals surface area contributed by atoms with E-state index in [2.05, 4.69) is 62.7 Å². The molecule has 1 aromatic heterocycles. The van der Waals surface area contributed by atoms with Gasteiger partial charge in [0, 0.05) is 5.38 Å². The topological polar surface area (TPSA) is 24.9 Å². The van der Waals surface area contributed by atoms with Crippen LogP contribution in [0, 0.1) is 6.92 Å². The van der Waals surface area contributed by atoms with E-state index >= 15 is 0 Å². The minimum absolute atomic E-state index is 0.211. The van der Waals surface area contributed by atoms with Crippen LogP contribution in [0.3, 0.4) is 0 Å². The molecular weight excluding hydrogens is 252 g/mol. The van der Waals surface area contributed by atoms with Gasteiger partial charge in [0.05, 0.1) is 11.7 Å². The molecule has 0 aliphatic heterocycles. The van der Waals surface area contributed by atoms with Gasteiger partial charge in [-0.25, -0.2) is 4.98 Å². The van der Waals surface area contributed by atoms with E-state index in [1.54, 1.807) is 11.3 Å². The van der Waals surface area contributed by atoms with E-state index < -0.39 is 0 Å². The molecule has 0 saturated carbocycles. The fourth-order valence-corrected chi connectivity index (χ4v) is 3.18. The second-order valence-electron chi connectivity index (χ2n) is 5.17.